The number of fused-ring (bicyclic) bond motifs is 3. The molecule has 0 radical (unpaired) electrons. The van der Waals surface area contributed by atoms with Gasteiger partial charge in [-0.3, -0.25) is 9.59 Å². The van der Waals surface area contributed by atoms with Gasteiger partial charge in [0.2, 0.25) is 11.6 Å². The summed E-state index contributed by atoms with van der Waals surface area (Å²) in [6, 6.07) is 14.9. The molecule has 0 aliphatic heterocycles. The summed E-state index contributed by atoms with van der Waals surface area (Å²) in [6.45, 7) is 0. The number of aromatic nitrogens is 1. The first-order chi connectivity index (χ1) is 11.7. The van der Waals surface area contributed by atoms with Crippen LogP contribution in [0.1, 0.15) is 20.8 Å². The van der Waals surface area contributed by atoms with Gasteiger partial charge in [0, 0.05) is 22.4 Å². The lowest BCUT2D eigenvalue weighted by molar-refractivity contribution is 0.0990. The van der Waals surface area contributed by atoms with Crippen molar-refractivity contribution in [1.82, 2.24) is 4.98 Å². The summed E-state index contributed by atoms with van der Waals surface area (Å²) >= 11 is 1.31. The van der Waals surface area contributed by atoms with E-state index in [-0.39, 0.29) is 11.6 Å². The van der Waals surface area contributed by atoms with E-state index in [1.807, 2.05) is 36.4 Å². The summed E-state index contributed by atoms with van der Waals surface area (Å²) in [5.74, 6) is 0.362. The lowest BCUT2D eigenvalue weighted by atomic mass is 9.99. The lowest BCUT2D eigenvalue weighted by Crippen LogP contribution is -2.14. The van der Waals surface area contributed by atoms with E-state index in [1.165, 1.54) is 17.8 Å². The molecule has 5 heteroatoms. The Balaban J connectivity index is 1.80. The van der Waals surface area contributed by atoms with Crippen LogP contribution in [0.5, 0.6) is 5.75 Å². The zero-order valence-electron chi connectivity index (χ0n) is 12.8. The average molecular weight is 335 g/mol. The van der Waals surface area contributed by atoms with Gasteiger partial charge in [-0.05, 0) is 24.3 Å². The van der Waals surface area contributed by atoms with Gasteiger partial charge in [0.15, 0.2) is 0 Å². The minimum Gasteiger partial charge on any atom is -0.497 e. The molecule has 118 valence electrons. The number of nitrogens with one attached hydrogen (secondary N) is 1. The molecule has 4 rings (SSSR count). The van der Waals surface area contributed by atoms with E-state index >= 15 is 0 Å². The second kappa shape index (κ2) is 5.69. The van der Waals surface area contributed by atoms with Crippen molar-refractivity contribution in [2.24, 2.45) is 0 Å². The maximum atomic E-state index is 12.9. The number of hydrogen-bond acceptors (Lipinski definition) is 4. The molecule has 0 unspecified atom stereocenters. The summed E-state index contributed by atoms with van der Waals surface area (Å²) in [5, 5.41) is 0.739. The standard InChI is InChI=1S/C19H13NO3S/c1-23-11-7-8-13-14(9-11)20-18-15(21)10-16(19(22)17(13)18)24-12-5-3-2-4-6-12/h2-10,20H,1H3. The fourth-order valence-electron chi connectivity index (χ4n) is 2.80. The minimum atomic E-state index is -0.182. The first-order valence-corrected chi connectivity index (χ1v) is 8.22. The second-order valence-electron chi connectivity index (χ2n) is 5.40. The number of methoxy groups -OCH3 is 1. The summed E-state index contributed by atoms with van der Waals surface area (Å²) < 4.78 is 5.20. The summed E-state index contributed by atoms with van der Waals surface area (Å²) in [5.41, 5.74) is 1.51. The van der Waals surface area contributed by atoms with Crippen molar-refractivity contribution >= 4 is 34.2 Å². The monoisotopic (exact) mass is 335 g/mol. The minimum absolute atomic E-state index is 0.130. The van der Waals surface area contributed by atoms with Crippen LogP contribution in [0.4, 0.5) is 0 Å². The highest BCUT2D eigenvalue weighted by Crippen LogP contribution is 2.37. The van der Waals surface area contributed by atoms with Gasteiger partial charge in [-0.1, -0.05) is 30.0 Å². The van der Waals surface area contributed by atoms with Gasteiger partial charge in [0.05, 0.1) is 28.8 Å². The molecule has 0 spiro atoms. The molecule has 0 bridgehead atoms. The molecular formula is C19H13NO3S. The zero-order chi connectivity index (χ0) is 16.7. The Morgan fingerprint density at radius 1 is 1.04 bits per heavy atom. The Morgan fingerprint density at radius 2 is 1.83 bits per heavy atom. The molecule has 0 fully saturated rings. The van der Waals surface area contributed by atoms with E-state index in [0.29, 0.717) is 21.9 Å². The molecule has 0 saturated heterocycles. The number of H-pyrrole nitrogens is 1. The number of carbonyl (C=O) groups excluding carboxylic acids is 2. The molecule has 0 atom stereocenters. The van der Waals surface area contributed by atoms with E-state index in [0.717, 1.165) is 15.8 Å². The van der Waals surface area contributed by atoms with Gasteiger partial charge in [-0.2, -0.15) is 0 Å². The molecule has 3 aromatic rings. The molecular weight excluding hydrogens is 322 g/mol. The van der Waals surface area contributed by atoms with Crippen molar-refractivity contribution in [3.8, 4) is 5.75 Å². The third-order valence-corrected chi connectivity index (χ3v) is 4.97. The maximum Gasteiger partial charge on any atom is 0.204 e. The Hall–Kier alpha value is -2.79. The molecule has 0 amide bonds. The van der Waals surface area contributed by atoms with Crippen LogP contribution in [0, 0.1) is 0 Å². The average Bonchev–Trinajstić information content (AvgIpc) is 2.99. The van der Waals surface area contributed by atoms with E-state index in [1.54, 1.807) is 19.2 Å². The molecule has 1 N–H and O–H groups in total. The molecule has 1 heterocycles. The van der Waals surface area contributed by atoms with E-state index in [2.05, 4.69) is 4.98 Å². The third-order valence-electron chi connectivity index (χ3n) is 3.94. The van der Waals surface area contributed by atoms with Gasteiger partial charge >= 0.3 is 0 Å². The Kier molecular flexibility index (Phi) is 3.50. The number of ketones is 2. The van der Waals surface area contributed by atoms with Crippen LogP contribution >= 0.6 is 11.8 Å². The summed E-state index contributed by atoms with van der Waals surface area (Å²) in [6.07, 6.45) is 1.41. The smallest absolute Gasteiger partial charge is 0.204 e. The molecule has 1 aliphatic rings. The van der Waals surface area contributed by atoms with Crippen LogP contribution in [-0.2, 0) is 0 Å². The quantitative estimate of drug-likeness (QED) is 0.778. The number of rotatable bonds is 3. The normalized spacial score (nSPS) is 13.8. The van der Waals surface area contributed by atoms with Crippen LogP contribution in [0.2, 0.25) is 0 Å². The third kappa shape index (κ3) is 2.34. The van der Waals surface area contributed by atoms with Crippen molar-refractivity contribution in [2.45, 2.75) is 4.90 Å². The van der Waals surface area contributed by atoms with E-state index < -0.39 is 0 Å². The molecule has 24 heavy (non-hydrogen) atoms. The zero-order valence-corrected chi connectivity index (χ0v) is 13.6. The molecule has 1 aliphatic carbocycles. The van der Waals surface area contributed by atoms with Crippen molar-refractivity contribution in [1.29, 1.82) is 0 Å². The first-order valence-electron chi connectivity index (χ1n) is 7.40. The van der Waals surface area contributed by atoms with E-state index in [9.17, 15) is 9.59 Å². The predicted molar refractivity (Wildman–Crippen MR) is 93.9 cm³/mol. The second-order valence-corrected chi connectivity index (χ2v) is 6.52. The summed E-state index contributed by atoms with van der Waals surface area (Å²) in [7, 11) is 1.58. The van der Waals surface area contributed by atoms with Crippen molar-refractivity contribution in [3.05, 3.63) is 70.8 Å². The predicted octanol–water partition coefficient (Wildman–Crippen LogP) is 4.23. The molecule has 1 aromatic heterocycles. The van der Waals surface area contributed by atoms with Gasteiger partial charge in [-0.25, -0.2) is 0 Å². The molecule has 0 saturated carbocycles. The fourth-order valence-corrected chi connectivity index (χ4v) is 3.70. The number of thioether (sulfide) groups is 1. The van der Waals surface area contributed by atoms with Crippen LogP contribution in [0.25, 0.3) is 10.9 Å². The van der Waals surface area contributed by atoms with E-state index in [4.69, 9.17) is 4.74 Å². The van der Waals surface area contributed by atoms with Gasteiger partial charge in [-0.15, -0.1) is 0 Å². The van der Waals surface area contributed by atoms with Crippen LogP contribution in [-0.4, -0.2) is 23.7 Å². The SMILES string of the molecule is COc1ccc2c3c([nH]c2c1)C(=O)C=C(Sc1ccccc1)C3=O. The number of aromatic amines is 1. The lowest BCUT2D eigenvalue weighted by Gasteiger charge is -2.11. The van der Waals surface area contributed by atoms with Crippen molar-refractivity contribution in [3.63, 3.8) is 0 Å². The van der Waals surface area contributed by atoms with Crippen LogP contribution < -0.4 is 4.74 Å². The number of hydrogen-bond donors (Lipinski definition) is 1. The number of ether oxygens (including phenoxy) is 1. The number of Topliss-reactive ketones (excluding diaryl/α,β-unsaturated/α-hetero) is 1. The molecule has 4 nitrogen and oxygen atoms in total. The Labute approximate surface area is 142 Å². The molecule has 2 aromatic carbocycles. The van der Waals surface area contributed by atoms with Gasteiger partial charge < -0.3 is 9.72 Å². The maximum absolute atomic E-state index is 12.9. The number of allylic oxidation sites excluding steroid dienone is 2. The number of benzene rings is 2. The van der Waals surface area contributed by atoms with Crippen LogP contribution in [0.3, 0.4) is 0 Å². The van der Waals surface area contributed by atoms with Gasteiger partial charge in [0.25, 0.3) is 0 Å². The highest BCUT2D eigenvalue weighted by Gasteiger charge is 2.30. The number of carbonyl (C=O) groups is 2. The Morgan fingerprint density at radius 3 is 2.58 bits per heavy atom. The largest absolute Gasteiger partial charge is 0.497 e. The highest BCUT2D eigenvalue weighted by atomic mass is 32.2. The first kappa shape index (κ1) is 14.8. The van der Waals surface area contributed by atoms with Gasteiger partial charge in [0.1, 0.15) is 5.75 Å². The fraction of sp³-hybridized carbons (Fsp3) is 0.0526. The highest BCUT2D eigenvalue weighted by molar-refractivity contribution is 8.04. The van der Waals surface area contributed by atoms with Crippen LogP contribution in [0.15, 0.2) is 64.4 Å². The topological polar surface area (TPSA) is 59.2 Å². The Bertz CT molecular complexity index is 1000. The summed E-state index contributed by atoms with van der Waals surface area (Å²) in [4.78, 5) is 29.8. The van der Waals surface area contributed by atoms with Crippen molar-refractivity contribution in [2.75, 3.05) is 7.11 Å². The van der Waals surface area contributed by atoms with Crippen molar-refractivity contribution < 1.29 is 14.3 Å².